The van der Waals surface area contributed by atoms with Crippen LogP contribution in [0, 0.1) is 10.1 Å². The van der Waals surface area contributed by atoms with E-state index in [1.165, 1.54) is 0 Å². The van der Waals surface area contributed by atoms with Crippen molar-refractivity contribution in [1.29, 1.82) is 0 Å². The zero-order chi connectivity index (χ0) is 12.8. The zero-order valence-corrected chi connectivity index (χ0v) is 10.3. The number of thioether (sulfide) groups is 1. The van der Waals surface area contributed by atoms with Gasteiger partial charge in [0.1, 0.15) is 0 Å². The average molecular weight is 257 g/mol. The summed E-state index contributed by atoms with van der Waals surface area (Å²) < 4.78 is 0. The molecule has 0 saturated carbocycles. The summed E-state index contributed by atoms with van der Waals surface area (Å²) in [6.45, 7) is 0. The SMILES string of the molecule is O=[N+]([O-])/C(=C\c1ccccc1)Sc1ccccc1. The lowest BCUT2D eigenvalue weighted by Crippen LogP contribution is -1.94. The highest BCUT2D eigenvalue weighted by Crippen LogP contribution is 2.28. The first-order valence-electron chi connectivity index (χ1n) is 5.40. The van der Waals surface area contributed by atoms with Crippen LogP contribution in [0.25, 0.3) is 6.08 Å². The van der Waals surface area contributed by atoms with Gasteiger partial charge in [-0.2, -0.15) is 0 Å². The number of nitro groups is 1. The molecule has 2 aromatic rings. The van der Waals surface area contributed by atoms with Crippen LogP contribution in [-0.4, -0.2) is 4.92 Å². The van der Waals surface area contributed by atoms with Crippen LogP contribution in [0.4, 0.5) is 0 Å². The van der Waals surface area contributed by atoms with Crippen molar-refractivity contribution >= 4 is 17.8 Å². The highest BCUT2D eigenvalue weighted by Gasteiger charge is 2.12. The molecule has 0 aromatic heterocycles. The molecular weight excluding hydrogens is 246 g/mol. The highest BCUT2D eigenvalue weighted by molar-refractivity contribution is 8.03. The predicted molar refractivity (Wildman–Crippen MR) is 73.7 cm³/mol. The van der Waals surface area contributed by atoms with Gasteiger partial charge >= 0.3 is 5.03 Å². The number of hydrogen-bond donors (Lipinski definition) is 0. The summed E-state index contributed by atoms with van der Waals surface area (Å²) in [6, 6.07) is 18.6. The molecule has 18 heavy (non-hydrogen) atoms. The van der Waals surface area contributed by atoms with Crippen LogP contribution in [0.5, 0.6) is 0 Å². The summed E-state index contributed by atoms with van der Waals surface area (Å²) in [5.41, 5.74) is 0.827. The van der Waals surface area contributed by atoms with E-state index in [4.69, 9.17) is 0 Å². The Bertz CT molecular complexity index is 553. The molecule has 2 rings (SSSR count). The van der Waals surface area contributed by atoms with Crippen molar-refractivity contribution in [2.75, 3.05) is 0 Å². The molecule has 0 saturated heterocycles. The number of benzene rings is 2. The minimum Gasteiger partial charge on any atom is -0.258 e. The summed E-state index contributed by atoms with van der Waals surface area (Å²) in [5, 5.41) is 11.1. The van der Waals surface area contributed by atoms with E-state index in [1.54, 1.807) is 6.08 Å². The van der Waals surface area contributed by atoms with Gasteiger partial charge in [-0.25, -0.2) is 0 Å². The van der Waals surface area contributed by atoms with E-state index in [-0.39, 0.29) is 9.95 Å². The standard InChI is InChI=1S/C14H11NO2S/c16-15(17)14(11-12-7-3-1-4-8-12)18-13-9-5-2-6-10-13/h1-11H/b14-11+. The molecule has 90 valence electrons. The third-order valence-electron chi connectivity index (χ3n) is 2.24. The van der Waals surface area contributed by atoms with E-state index in [1.807, 2.05) is 60.7 Å². The molecule has 0 heterocycles. The molecule has 0 aliphatic heterocycles. The van der Waals surface area contributed by atoms with Crippen molar-refractivity contribution in [3.05, 3.63) is 81.4 Å². The van der Waals surface area contributed by atoms with Gasteiger partial charge in [0, 0.05) is 11.0 Å². The van der Waals surface area contributed by atoms with Gasteiger partial charge in [-0.05, 0) is 29.5 Å². The van der Waals surface area contributed by atoms with Crippen LogP contribution >= 0.6 is 11.8 Å². The first kappa shape index (κ1) is 12.4. The van der Waals surface area contributed by atoms with Crippen LogP contribution in [0.3, 0.4) is 0 Å². The second-order valence-electron chi connectivity index (χ2n) is 3.57. The topological polar surface area (TPSA) is 43.1 Å². The molecule has 0 unspecified atom stereocenters. The lowest BCUT2D eigenvalue weighted by molar-refractivity contribution is -0.408. The molecule has 0 amide bonds. The summed E-state index contributed by atoms with van der Waals surface area (Å²) in [4.78, 5) is 11.5. The van der Waals surface area contributed by atoms with Crippen molar-refractivity contribution in [3.8, 4) is 0 Å². The van der Waals surface area contributed by atoms with Gasteiger partial charge < -0.3 is 0 Å². The second-order valence-corrected chi connectivity index (χ2v) is 4.66. The summed E-state index contributed by atoms with van der Waals surface area (Å²) in [6.07, 6.45) is 1.58. The Labute approximate surface area is 109 Å². The molecule has 0 fully saturated rings. The molecular formula is C14H11NO2S. The van der Waals surface area contributed by atoms with E-state index >= 15 is 0 Å². The van der Waals surface area contributed by atoms with Crippen LogP contribution in [0.15, 0.2) is 70.6 Å². The van der Waals surface area contributed by atoms with E-state index in [9.17, 15) is 10.1 Å². The van der Waals surface area contributed by atoms with Gasteiger partial charge in [0.05, 0.1) is 4.92 Å². The van der Waals surface area contributed by atoms with Gasteiger partial charge in [-0.3, -0.25) is 10.1 Å². The molecule has 0 spiro atoms. The maximum absolute atomic E-state index is 11.0. The smallest absolute Gasteiger partial charge is 0.258 e. The first-order chi connectivity index (χ1) is 8.75. The van der Waals surface area contributed by atoms with Crippen molar-refractivity contribution in [3.63, 3.8) is 0 Å². The molecule has 0 aliphatic rings. The Balaban J connectivity index is 2.25. The molecule has 3 nitrogen and oxygen atoms in total. The van der Waals surface area contributed by atoms with Gasteiger partial charge in [-0.15, -0.1) is 0 Å². The maximum Gasteiger partial charge on any atom is 0.308 e. The summed E-state index contributed by atoms with van der Waals surface area (Å²) in [5.74, 6) is 0. The van der Waals surface area contributed by atoms with E-state index in [2.05, 4.69) is 0 Å². The lowest BCUT2D eigenvalue weighted by atomic mass is 10.2. The Kier molecular flexibility index (Phi) is 4.15. The number of nitrogens with zero attached hydrogens (tertiary/aromatic N) is 1. The molecule has 0 bridgehead atoms. The van der Waals surface area contributed by atoms with E-state index < -0.39 is 0 Å². The zero-order valence-electron chi connectivity index (χ0n) is 9.52. The predicted octanol–water partition coefficient (Wildman–Crippen LogP) is 4.05. The fourth-order valence-corrected chi connectivity index (χ4v) is 2.22. The average Bonchev–Trinajstić information content (AvgIpc) is 2.40. The van der Waals surface area contributed by atoms with Crippen LogP contribution in [0.1, 0.15) is 5.56 Å². The Morgan fingerprint density at radius 1 is 1.00 bits per heavy atom. The Hall–Kier alpha value is -2.07. The third kappa shape index (κ3) is 3.46. The maximum atomic E-state index is 11.0. The molecule has 0 N–H and O–H groups in total. The number of rotatable bonds is 4. The summed E-state index contributed by atoms with van der Waals surface area (Å²) in [7, 11) is 0. The largest absolute Gasteiger partial charge is 0.308 e. The quantitative estimate of drug-likeness (QED) is 0.471. The van der Waals surface area contributed by atoms with Gasteiger partial charge in [-0.1, -0.05) is 48.5 Å². The normalized spacial score (nSPS) is 11.2. The molecule has 0 aliphatic carbocycles. The molecule has 2 aromatic carbocycles. The van der Waals surface area contributed by atoms with E-state index in [0.29, 0.717) is 0 Å². The van der Waals surface area contributed by atoms with Crippen molar-refractivity contribution in [1.82, 2.24) is 0 Å². The van der Waals surface area contributed by atoms with E-state index in [0.717, 1.165) is 22.2 Å². The lowest BCUT2D eigenvalue weighted by Gasteiger charge is -1.99. The fraction of sp³-hybridized carbons (Fsp3) is 0. The second kappa shape index (κ2) is 6.02. The fourth-order valence-electron chi connectivity index (χ4n) is 1.42. The minimum atomic E-state index is -0.356. The monoisotopic (exact) mass is 257 g/mol. The van der Waals surface area contributed by atoms with Gasteiger partial charge in [0.15, 0.2) is 0 Å². The summed E-state index contributed by atoms with van der Waals surface area (Å²) >= 11 is 1.15. The van der Waals surface area contributed by atoms with Crippen molar-refractivity contribution in [2.24, 2.45) is 0 Å². The molecule has 4 heteroatoms. The Morgan fingerprint density at radius 2 is 1.56 bits per heavy atom. The van der Waals surface area contributed by atoms with Crippen molar-refractivity contribution in [2.45, 2.75) is 4.90 Å². The number of hydrogen-bond acceptors (Lipinski definition) is 3. The van der Waals surface area contributed by atoms with Crippen LogP contribution in [0.2, 0.25) is 0 Å². The molecule has 0 radical (unpaired) electrons. The third-order valence-corrected chi connectivity index (χ3v) is 3.22. The first-order valence-corrected chi connectivity index (χ1v) is 6.21. The highest BCUT2D eigenvalue weighted by atomic mass is 32.2. The van der Waals surface area contributed by atoms with Crippen LogP contribution in [-0.2, 0) is 0 Å². The van der Waals surface area contributed by atoms with Crippen molar-refractivity contribution < 1.29 is 4.92 Å². The van der Waals surface area contributed by atoms with Gasteiger partial charge in [0.2, 0.25) is 0 Å². The van der Waals surface area contributed by atoms with Crippen LogP contribution < -0.4 is 0 Å². The minimum absolute atomic E-state index is 0.118. The Morgan fingerprint density at radius 3 is 2.11 bits per heavy atom. The van der Waals surface area contributed by atoms with Gasteiger partial charge in [0.25, 0.3) is 0 Å². The molecule has 0 atom stereocenters.